The van der Waals surface area contributed by atoms with Crippen LogP contribution < -0.4 is 5.56 Å². The first-order valence-electron chi connectivity index (χ1n) is 7.56. The molecular weight excluding hydrogens is 384 g/mol. The van der Waals surface area contributed by atoms with Crippen LogP contribution in [0.2, 0.25) is 0 Å². The van der Waals surface area contributed by atoms with Gasteiger partial charge >= 0.3 is 0 Å². The second-order valence-electron chi connectivity index (χ2n) is 5.51. The number of pyridine rings is 1. The number of benzene rings is 1. The van der Waals surface area contributed by atoms with Gasteiger partial charge in [0, 0.05) is 25.5 Å². The lowest BCUT2D eigenvalue weighted by atomic mass is 10.0. The summed E-state index contributed by atoms with van der Waals surface area (Å²) < 4.78 is 1.02. The van der Waals surface area contributed by atoms with E-state index < -0.39 is 0 Å². The van der Waals surface area contributed by atoms with Crippen molar-refractivity contribution in [3.63, 3.8) is 0 Å². The Bertz CT molecular complexity index is 994. The van der Waals surface area contributed by atoms with E-state index in [1.54, 1.807) is 11.3 Å². The fourth-order valence-corrected chi connectivity index (χ4v) is 4.45. The van der Waals surface area contributed by atoms with Gasteiger partial charge in [0.25, 0.3) is 5.56 Å². The Labute approximate surface area is 152 Å². The van der Waals surface area contributed by atoms with Gasteiger partial charge in [0.05, 0.1) is 0 Å². The van der Waals surface area contributed by atoms with Crippen LogP contribution in [0.1, 0.15) is 22.9 Å². The third-order valence-corrected chi connectivity index (χ3v) is 6.13. The van der Waals surface area contributed by atoms with Crippen LogP contribution in [0.25, 0.3) is 21.7 Å². The van der Waals surface area contributed by atoms with Gasteiger partial charge in [-0.1, -0.05) is 36.8 Å². The largest absolute Gasteiger partial charge is 0.321 e. The Balaban J connectivity index is 2.22. The van der Waals surface area contributed by atoms with Crippen LogP contribution in [0.3, 0.4) is 0 Å². The van der Waals surface area contributed by atoms with Gasteiger partial charge < -0.3 is 4.98 Å². The first-order chi connectivity index (χ1) is 11.5. The molecular formula is C19H15BrN2OS. The molecule has 0 spiro atoms. The van der Waals surface area contributed by atoms with Crippen LogP contribution in [0.15, 0.2) is 45.7 Å². The predicted molar refractivity (Wildman–Crippen MR) is 102 cm³/mol. The minimum absolute atomic E-state index is 0.155. The molecule has 0 radical (unpaired) electrons. The lowest BCUT2D eigenvalue weighted by Gasteiger charge is -2.07. The zero-order chi connectivity index (χ0) is 17.3. The van der Waals surface area contributed by atoms with Crippen molar-refractivity contribution in [1.29, 1.82) is 5.26 Å². The molecule has 3 rings (SSSR count). The number of nitriles is 1. The summed E-state index contributed by atoms with van der Waals surface area (Å²) in [5, 5.41) is 9.41. The highest BCUT2D eigenvalue weighted by molar-refractivity contribution is 9.10. The van der Waals surface area contributed by atoms with Crippen molar-refractivity contribution in [2.75, 3.05) is 0 Å². The number of nitrogens with zero attached hydrogens (tertiary/aromatic N) is 1. The first-order valence-corrected chi connectivity index (χ1v) is 9.17. The third kappa shape index (κ3) is 3.08. The molecule has 0 aliphatic carbocycles. The summed E-state index contributed by atoms with van der Waals surface area (Å²) in [7, 11) is 0. The number of hydrogen-bond acceptors (Lipinski definition) is 3. The maximum absolute atomic E-state index is 12.4. The lowest BCUT2D eigenvalue weighted by molar-refractivity contribution is 1.18. The number of hydrogen-bond donors (Lipinski definition) is 1. The molecule has 3 aromatic rings. The van der Waals surface area contributed by atoms with Gasteiger partial charge in [-0.05, 0) is 47.0 Å². The van der Waals surface area contributed by atoms with E-state index >= 15 is 0 Å². The van der Waals surface area contributed by atoms with E-state index in [1.165, 1.54) is 4.88 Å². The molecule has 0 saturated carbocycles. The number of aromatic nitrogens is 1. The first kappa shape index (κ1) is 16.7. The number of thiophene rings is 1. The van der Waals surface area contributed by atoms with Crippen molar-refractivity contribution in [3.8, 4) is 27.8 Å². The minimum atomic E-state index is -0.354. The molecule has 0 unspecified atom stereocenters. The van der Waals surface area contributed by atoms with Gasteiger partial charge in [-0.15, -0.1) is 11.3 Å². The molecule has 0 amide bonds. The van der Waals surface area contributed by atoms with E-state index in [1.807, 2.05) is 49.4 Å². The van der Waals surface area contributed by atoms with E-state index in [0.717, 1.165) is 32.6 Å². The number of H-pyrrole nitrogens is 1. The van der Waals surface area contributed by atoms with Gasteiger partial charge in [-0.2, -0.15) is 5.26 Å². The molecule has 0 fully saturated rings. The van der Waals surface area contributed by atoms with Crippen LogP contribution in [-0.2, 0) is 6.42 Å². The Morgan fingerprint density at radius 3 is 2.54 bits per heavy atom. The number of aryl methyl sites for hydroxylation is 2. The number of halogens is 1. The maximum Gasteiger partial charge on any atom is 0.267 e. The Kier molecular flexibility index (Phi) is 4.70. The molecule has 0 aliphatic rings. The minimum Gasteiger partial charge on any atom is -0.321 e. The summed E-state index contributed by atoms with van der Waals surface area (Å²) in [5.74, 6) is 0. The predicted octanol–water partition coefficient (Wildman–Crippen LogP) is 5.28. The quantitative estimate of drug-likeness (QED) is 0.652. The van der Waals surface area contributed by atoms with Crippen LogP contribution in [0.4, 0.5) is 0 Å². The fourth-order valence-electron chi connectivity index (χ4n) is 2.53. The van der Waals surface area contributed by atoms with Gasteiger partial charge in [-0.25, -0.2) is 0 Å². The van der Waals surface area contributed by atoms with Gasteiger partial charge in [-0.3, -0.25) is 4.79 Å². The van der Waals surface area contributed by atoms with E-state index in [4.69, 9.17) is 0 Å². The van der Waals surface area contributed by atoms with Crippen molar-refractivity contribution in [2.45, 2.75) is 20.3 Å². The van der Waals surface area contributed by atoms with Crippen LogP contribution in [-0.4, -0.2) is 4.98 Å². The molecule has 120 valence electrons. The summed E-state index contributed by atoms with van der Waals surface area (Å²) in [6.45, 7) is 4.10. The van der Waals surface area contributed by atoms with Gasteiger partial charge in [0.1, 0.15) is 11.6 Å². The zero-order valence-corrected chi connectivity index (χ0v) is 15.7. The number of nitrogens with one attached hydrogen (secondary N) is 1. The Morgan fingerprint density at radius 1 is 1.25 bits per heavy atom. The van der Waals surface area contributed by atoms with Crippen molar-refractivity contribution in [1.82, 2.24) is 4.98 Å². The molecule has 1 N–H and O–H groups in total. The smallest absolute Gasteiger partial charge is 0.267 e. The van der Waals surface area contributed by atoms with E-state index in [0.29, 0.717) is 5.56 Å². The second-order valence-corrected chi connectivity index (χ2v) is 7.51. The van der Waals surface area contributed by atoms with Crippen LogP contribution in [0, 0.1) is 18.3 Å². The summed E-state index contributed by atoms with van der Waals surface area (Å²) in [5.41, 5.74) is 3.29. The summed E-state index contributed by atoms with van der Waals surface area (Å²) in [4.78, 5) is 17.3. The van der Waals surface area contributed by atoms with E-state index in [9.17, 15) is 10.1 Å². The topological polar surface area (TPSA) is 56.6 Å². The van der Waals surface area contributed by atoms with Gasteiger partial charge in [0.15, 0.2) is 0 Å². The van der Waals surface area contributed by atoms with Crippen LogP contribution in [0.5, 0.6) is 0 Å². The maximum atomic E-state index is 12.4. The van der Waals surface area contributed by atoms with E-state index in [-0.39, 0.29) is 11.1 Å². The zero-order valence-electron chi connectivity index (χ0n) is 13.3. The highest BCUT2D eigenvalue weighted by atomic mass is 79.9. The SMILES string of the molecule is CCc1sc(-c2cc(-c3ccc(C)cc3)[nH]c(=O)c2C#N)cc1Br. The molecule has 1 aromatic carbocycles. The summed E-state index contributed by atoms with van der Waals surface area (Å²) in [6, 6.07) is 13.9. The molecule has 2 aromatic heterocycles. The standard InChI is InChI=1S/C19H15BrN2OS/c1-3-17-15(20)9-18(24-17)13-8-16(22-19(23)14(13)10-21)12-6-4-11(2)5-7-12/h4-9H,3H2,1-2H3,(H,22,23). The highest BCUT2D eigenvalue weighted by Crippen LogP contribution is 2.36. The van der Waals surface area contributed by atoms with Crippen molar-refractivity contribution in [3.05, 3.63) is 67.2 Å². The monoisotopic (exact) mass is 398 g/mol. The van der Waals surface area contributed by atoms with Crippen molar-refractivity contribution >= 4 is 27.3 Å². The summed E-state index contributed by atoms with van der Waals surface area (Å²) in [6.07, 6.45) is 0.904. The average molecular weight is 399 g/mol. The molecule has 0 aliphatic heterocycles. The normalized spacial score (nSPS) is 10.6. The Morgan fingerprint density at radius 2 is 1.96 bits per heavy atom. The highest BCUT2D eigenvalue weighted by Gasteiger charge is 2.15. The van der Waals surface area contributed by atoms with Gasteiger partial charge in [0.2, 0.25) is 0 Å². The Hall–Kier alpha value is -2.16. The fraction of sp³-hybridized carbons (Fsp3) is 0.158. The summed E-state index contributed by atoms with van der Waals surface area (Å²) >= 11 is 5.16. The van der Waals surface area contributed by atoms with E-state index in [2.05, 4.69) is 27.8 Å². The molecule has 0 atom stereocenters. The lowest BCUT2D eigenvalue weighted by Crippen LogP contribution is -2.12. The van der Waals surface area contributed by atoms with Crippen molar-refractivity contribution < 1.29 is 0 Å². The molecule has 2 heterocycles. The molecule has 0 saturated heterocycles. The molecule has 24 heavy (non-hydrogen) atoms. The third-order valence-electron chi connectivity index (χ3n) is 3.85. The van der Waals surface area contributed by atoms with Crippen LogP contribution >= 0.6 is 27.3 Å². The van der Waals surface area contributed by atoms with Crippen molar-refractivity contribution in [2.24, 2.45) is 0 Å². The molecule has 5 heteroatoms. The number of aromatic amines is 1. The number of rotatable bonds is 3. The second kappa shape index (κ2) is 6.76. The molecule has 0 bridgehead atoms. The average Bonchev–Trinajstić information content (AvgIpc) is 2.95. The molecule has 3 nitrogen and oxygen atoms in total.